The molecule has 96 valence electrons. The van der Waals surface area contributed by atoms with Crippen LogP contribution >= 0.6 is 0 Å². The van der Waals surface area contributed by atoms with E-state index in [-0.39, 0.29) is 17.8 Å². The Morgan fingerprint density at radius 2 is 2.16 bits per heavy atom. The highest BCUT2D eigenvalue weighted by molar-refractivity contribution is 5.51. The van der Waals surface area contributed by atoms with Crippen molar-refractivity contribution in [2.75, 3.05) is 0 Å². The molecule has 0 bridgehead atoms. The number of hydrogen-bond acceptors (Lipinski definition) is 5. The molecule has 19 heavy (non-hydrogen) atoms. The Bertz CT molecular complexity index is 655. The van der Waals surface area contributed by atoms with E-state index in [0.717, 1.165) is 11.3 Å². The molecule has 1 aromatic carbocycles. The number of nitriles is 1. The minimum atomic E-state index is -0.255. The monoisotopic (exact) mass is 255 g/mol. The number of phenolic OH excluding ortho intramolecular Hbond substituents is 1. The minimum Gasteiger partial charge on any atom is -0.508 e. The molecule has 0 amide bonds. The summed E-state index contributed by atoms with van der Waals surface area (Å²) in [7, 11) is 0. The van der Waals surface area contributed by atoms with Crippen LogP contribution in [0.15, 0.2) is 41.2 Å². The second kappa shape index (κ2) is 3.95. The molecule has 0 saturated heterocycles. The first-order valence-electron chi connectivity index (χ1n) is 5.96. The van der Waals surface area contributed by atoms with E-state index in [2.05, 4.69) is 0 Å². The molecule has 0 saturated carbocycles. The Kier molecular flexibility index (Phi) is 2.39. The molecule has 0 spiro atoms. The van der Waals surface area contributed by atoms with Crippen molar-refractivity contribution in [3.05, 3.63) is 46.8 Å². The Labute approximate surface area is 110 Å². The average Bonchev–Trinajstić information content (AvgIpc) is 2.38. The largest absolute Gasteiger partial charge is 0.508 e. The molecule has 1 aliphatic carbocycles. The van der Waals surface area contributed by atoms with Gasteiger partial charge in [0.15, 0.2) is 0 Å². The summed E-state index contributed by atoms with van der Waals surface area (Å²) in [4.78, 5) is 0. The van der Waals surface area contributed by atoms with Gasteiger partial charge in [0.05, 0.1) is 11.3 Å². The topological polar surface area (TPSA) is 105 Å². The van der Waals surface area contributed by atoms with Gasteiger partial charge in [0.25, 0.3) is 0 Å². The third kappa shape index (κ3) is 1.69. The first-order chi connectivity index (χ1) is 9.10. The fraction of sp³-hybridized carbons (Fsp3) is 0.214. The molecule has 2 aliphatic rings. The molecule has 1 aliphatic heterocycles. The summed E-state index contributed by atoms with van der Waals surface area (Å²) in [6.07, 6.45) is 2.10. The number of aromatic hydroxyl groups is 1. The first-order valence-corrected chi connectivity index (χ1v) is 5.96. The molecule has 5 nitrogen and oxygen atoms in total. The number of allylic oxidation sites excluding steroid dienone is 1. The predicted molar refractivity (Wildman–Crippen MR) is 68.8 cm³/mol. The van der Waals surface area contributed by atoms with E-state index in [0.29, 0.717) is 23.4 Å². The number of phenols is 1. The van der Waals surface area contributed by atoms with Crippen LogP contribution in [0, 0.1) is 17.2 Å². The smallest absolute Gasteiger partial charge is 0.128 e. The van der Waals surface area contributed by atoms with Crippen LogP contribution in [0.4, 0.5) is 0 Å². The quantitative estimate of drug-likeness (QED) is 0.639. The molecule has 3 rings (SSSR count). The van der Waals surface area contributed by atoms with Crippen molar-refractivity contribution in [1.82, 2.24) is 0 Å². The number of nitrogens with zero attached hydrogens (tertiary/aromatic N) is 1. The van der Waals surface area contributed by atoms with Crippen LogP contribution in [-0.2, 0) is 6.42 Å². The fourth-order valence-corrected chi connectivity index (χ4v) is 2.60. The van der Waals surface area contributed by atoms with Gasteiger partial charge in [-0.05, 0) is 36.3 Å². The Balaban J connectivity index is 2.06. The second-order valence-corrected chi connectivity index (χ2v) is 4.75. The number of nitrogens with two attached hydrogens (primary N) is 2. The fourth-order valence-electron chi connectivity index (χ4n) is 2.60. The number of rotatable bonds is 0. The van der Waals surface area contributed by atoms with Crippen LogP contribution in [0.3, 0.4) is 0 Å². The van der Waals surface area contributed by atoms with Gasteiger partial charge >= 0.3 is 0 Å². The third-order valence-electron chi connectivity index (χ3n) is 3.58. The van der Waals surface area contributed by atoms with Crippen LogP contribution in [-0.4, -0.2) is 11.2 Å². The van der Waals surface area contributed by atoms with Crippen LogP contribution in [0.5, 0.6) is 11.5 Å². The van der Waals surface area contributed by atoms with Crippen LogP contribution < -0.4 is 16.2 Å². The molecular weight excluding hydrogens is 242 g/mol. The molecule has 5 N–H and O–H groups in total. The van der Waals surface area contributed by atoms with E-state index >= 15 is 0 Å². The zero-order valence-electron chi connectivity index (χ0n) is 10.1. The zero-order valence-corrected chi connectivity index (χ0v) is 10.1. The van der Waals surface area contributed by atoms with Gasteiger partial charge in [-0.15, -0.1) is 0 Å². The highest BCUT2D eigenvalue weighted by Crippen LogP contribution is 2.38. The summed E-state index contributed by atoms with van der Waals surface area (Å²) in [5.74, 6) is 0.794. The average molecular weight is 255 g/mol. The highest BCUT2D eigenvalue weighted by Gasteiger charge is 2.35. The van der Waals surface area contributed by atoms with Gasteiger partial charge in [-0.3, -0.25) is 0 Å². The summed E-state index contributed by atoms with van der Waals surface area (Å²) < 4.78 is 5.83. The predicted octanol–water partition coefficient (Wildman–Crippen LogP) is 0.904. The van der Waals surface area contributed by atoms with Crippen molar-refractivity contribution in [2.45, 2.75) is 12.5 Å². The lowest BCUT2D eigenvalue weighted by atomic mass is 9.82. The van der Waals surface area contributed by atoms with Crippen molar-refractivity contribution in [3.63, 3.8) is 0 Å². The van der Waals surface area contributed by atoms with Crippen molar-refractivity contribution in [3.8, 4) is 17.6 Å². The van der Waals surface area contributed by atoms with Crippen molar-refractivity contribution in [2.24, 2.45) is 17.4 Å². The molecule has 1 aromatic rings. The van der Waals surface area contributed by atoms with E-state index in [9.17, 15) is 5.11 Å². The molecule has 0 fully saturated rings. The second-order valence-electron chi connectivity index (χ2n) is 4.75. The number of benzene rings is 1. The van der Waals surface area contributed by atoms with E-state index in [4.69, 9.17) is 21.5 Å². The zero-order chi connectivity index (χ0) is 13.6. The van der Waals surface area contributed by atoms with Gasteiger partial charge in [0.2, 0.25) is 0 Å². The molecule has 1 heterocycles. The number of ether oxygens (including phenoxy) is 1. The SMILES string of the molecule is N#CC1=C(N)C2Cc3cc(O)ccc3OC2C=C1N. The van der Waals surface area contributed by atoms with Gasteiger partial charge in [0, 0.05) is 11.6 Å². The maximum Gasteiger partial charge on any atom is 0.128 e. The summed E-state index contributed by atoms with van der Waals surface area (Å²) in [5.41, 5.74) is 13.9. The first kappa shape index (κ1) is 11.5. The van der Waals surface area contributed by atoms with Gasteiger partial charge in [-0.25, -0.2) is 0 Å². The number of fused-ring (bicyclic) bond motifs is 2. The molecule has 5 heteroatoms. The lowest BCUT2D eigenvalue weighted by Gasteiger charge is -2.35. The Morgan fingerprint density at radius 3 is 2.89 bits per heavy atom. The lowest BCUT2D eigenvalue weighted by Crippen LogP contribution is -2.39. The van der Waals surface area contributed by atoms with Crippen LogP contribution in [0.2, 0.25) is 0 Å². The summed E-state index contributed by atoms with van der Waals surface area (Å²) >= 11 is 0. The van der Waals surface area contributed by atoms with E-state index in [1.54, 1.807) is 24.3 Å². The summed E-state index contributed by atoms with van der Waals surface area (Å²) in [6.45, 7) is 0. The molecular formula is C14H13N3O2. The summed E-state index contributed by atoms with van der Waals surface area (Å²) in [5, 5.41) is 18.6. The Hall–Kier alpha value is -2.61. The van der Waals surface area contributed by atoms with Crippen LogP contribution in [0.1, 0.15) is 5.56 Å². The van der Waals surface area contributed by atoms with Gasteiger partial charge in [0.1, 0.15) is 23.7 Å². The normalized spacial score (nSPS) is 24.7. The maximum absolute atomic E-state index is 9.51. The van der Waals surface area contributed by atoms with Crippen molar-refractivity contribution in [1.29, 1.82) is 5.26 Å². The Morgan fingerprint density at radius 1 is 1.37 bits per heavy atom. The number of hydrogen-bond donors (Lipinski definition) is 3. The third-order valence-corrected chi connectivity index (χ3v) is 3.58. The lowest BCUT2D eigenvalue weighted by molar-refractivity contribution is 0.169. The minimum absolute atomic E-state index is 0.115. The molecule has 2 unspecified atom stereocenters. The van der Waals surface area contributed by atoms with E-state index in [1.807, 2.05) is 6.07 Å². The van der Waals surface area contributed by atoms with Crippen molar-refractivity contribution < 1.29 is 9.84 Å². The maximum atomic E-state index is 9.51. The van der Waals surface area contributed by atoms with Gasteiger partial charge < -0.3 is 21.3 Å². The summed E-state index contributed by atoms with van der Waals surface area (Å²) in [6, 6.07) is 6.99. The van der Waals surface area contributed by atoms with E-state index < -0.39 is 0 Å². The standard InChI is InChI=1S/C14H13N3O2/c15-6-10-11(16)5-13-9(14(10)17)4-7-3-8(18)1-2-12(7)19-13/h1-3,5,9,13,18H,4,16-17H2. The molecule has 2 atom stereocenters. The highest BCUT2D eigenvalue weighted by atomic mass is 16.5. The van der Waals surface area contributed by atoms with E-state index in [1.165, 1.54) is 0 Å². The van der Waals surface area contributed by atoms with Gasteiger partial charge in [-0.2, -0.15) is 5.26 Å². The molecule has 0 aromatic heterocycles. The molecule has 0 radical (unpaired) electrons. The van der Waals surface area contributed by atoms with Crippen molar-refractivity contribution >= 4 is 0 Å². The van der Waals surface area contributed by atoms with Gasteiger partial charge in [-0.1, -0.05) is 0 Å². The van der Waals surface area contributed by atoms with Crippen LogP contribution in [0.25, 0.3) is 0 Å².